The second-order valence-corrected chi connectivity index (χ2v) is 4.26. The molecule has 88 valence electrons. The molecule has 0 atom stereocenters. The number of benzene rings is 3. The highest BCUT2D eigenvalue weighted by Gasteiger charge is 2.05. The molecular formula is C16H12FN. The number of hydrogen-bond acceptors (Lipinski definition) is 1. The lowest BCUT2D eigenvalue weighted by atomic mass is 9.98. The number of fused-ring (bicyclic) bond motifs is 1. The predicted molar refractivity (Wildman–Crippen MR) is 73.8 cm³/mol. The lowest BCUT2D eigenvalue weighted by Gasteiger charge is -2.07. The van der Waals surface area contributed by atoms with Gasteiger partial charge in [0.1, 0.15) is 5.82 Å². The number of rotatable bonds is 1. The third kappa shape index (κ3) is 1.72. The summed E-state index contributed by atoms with van der Waals surface area (Å²) in [6.45, 7) is 0. The monoisotopic (exact) mass is 237 g/mol. The third-order valence-electron chi connectivity index (χ3n) is 3.10. The lowest BCUT2D eigenvalue weighted by Crippen LogP contribution is -1.90. The highest BCUT2D eigenvalue weighted by atomic mass is 19.1. The molecule has 3 rings (SSSR count). The van der Waals surface area contributed by atoms with Crippen molar-refractivity contribution in [2.75, 3.05) is 5.73 Å². The normalized spacial score (nSPS) is 10.7. The van der Waals surface area contributed by atoms with Crippen molar-refractivity contribution in [3.8, 4) is 11.1 Å². The van der Waals surface area contributed by atoms with Crippen LogP contribution in [0.15, 0.2) is 60.7 Å². The van der Waals surface area contributed by atoms with Crippen molar-refractivity contribution in [3.05, 3.63) is 66.5 Å². The number of nitrogen functional groups attached to an aromatic ring is 1. The molecule has 0 aromatic heterocycles. The minimum absolute atomic E-state index is 0.180. The van der Waals surface area contributed by atoms with Crippen LogP contribution in [0.5, 0.6) is 0 Å². The number of nitrogens with two attached hydrogens (primary N) is 1. The Morgan fingerprint density at radius 3 is 2.44 bits per heavy atom. The molecule has 3 aromatic rings. The standard InChI is InChI=1S/C16H12FN/c17-15-10-12(8-9-16(15)18)14-7-3-5-11-4-1-2-6-13(11)14/h1-10H,18H2. The van der Waals surface area contributed by atoms with Gasteiger partial charge in [0, 0.05) is 0 Å². The van der Waals surface area contributed by atoms with E-state index in [1.807, 2.05) is 48.5 Å². The predicted octanol–water partition coefficient (Wildman–Crippen LogP) is 4.23. The van der Waals surface area contributed by atoms with E-state index in [9.17, 15) is 4.39 Å². The Morgan fingerprint density at radius 1 is 0.833 bits per heavy atom. The topological polar surface area (TPSA) is 26.0 Å². The Balaban J connectivity index is 2.28. The van der Waals surface area contributed by atoms with E-state index in [1.54, 1.807) is 6.07 Å². The van der Waals surface area contributed by atoms with Crippen LogP contribution in [0.1, 0.15) is 0 Å². The minimum atomic E-state index is -0.375. The molecule has 0 spiro atoms. The van der Waals surface area contributed by atoms with Gasteiger partial charge >= 0.3 is 0 Å². The van der Waals surface area contributed by atoms with Crippen molar-refractivity contribution >= 4 is 16.5 Å². The fourth-order valence-electron chi connectivity index (χ4n) is 2.17. The van der Waals surface area contributed by atoms with Crippen LogP contribution in [0.25, 0.3) is 21.9 Å². The second kappa shape index (κ2) is 4.15. The molecule has 2 heteroatoms. The van der Waals surface area contributed by atoms with Crippen LogP contribution < -0.4 is 5.73 Å². The van der Waals surface area contributed by atoms with Crippen LogP contribution in [0.2, 0.25) is 0 Å². The number of hydrogen-bond donors (Lipinski definition) is 1. The average molecular weight is 237 g/mol. The van der Waals surface area contributed by atoms with Gasteiger partial charge in [-0.1, -0.05) is 48.5 Å². The van der Waals surface area contributed by atoms with Gasteiger partial charge in [-0.3, -0.25) is 0 Å². The summed E-state index contributed by atoms with van der Waals surface area (Å²) >= 11 is 0. The Bertz CT molecular complexity index is 714. The van der Waals surface area contributed by atoms with Gasteiger partial charge < -0.3 is 5.73 Å². The van der Waals surface area contributed by atoms with Crippen molar-refractivity contribution in [2.45, 2.75) is 0 Å². The maximum absolute atomic E-state index is 13.5. The Hall–Kier alpha value is -2.35. The zero-order chi connectivity index (χ0) is 12.5. The van der Waals surface area contributed by atoms with Crippen LogP contribution in [-0.2, 0) is 0 Å². The van der Waals surface area contributed by atoms with Crippen LogP contribution in [-0.4, -0.2) is 0 Å². The summed E-state index contributed by atoms with van der Waals surface area (Å²) in [5.41, 5.74) is 7.55. The number of halogens is 1. The molecule has 0 fully saturated rings. The van der Waals surface area contributed by atoms with E-state index < -0.39 is 0 Å². The third-order valence-corrected chi connectivity index (χ3v) is 3.10. The molecule has 0 saturated heterocycles. The fourth-order valence-corrected chi connectivity index (χ4v) is 2.17. The Morgan fingerprint density at radius 2 is 1.61 bits per heavy atom. The highest BCUT2D eigenvalue weighted by molar-refractivity contribution is 5.96. The molecule has 0 bridgehead atoms. The quantitative estimate of drug-likeness (QED) is 0.630. The summed E-state index contributed by atoms with van der Waals surface area (Å²) < 4.78 is 13.5. The molecule has 3 aromatic carbocycles. The smallest absolute Gasteiger partial charge is 0.146 e. The summed E-state index contributed by atoms with van der Waals surface area (Å²) in [5.74, 6) is -0.375. The first-order chi connectivity index (χ1) is 8.75. The summed E-state index contributed by atoms with van der Waals surface area (Å²) in [7, 11) is 0. The van der Waals surface area contributed by atoms with E-state index in [4.69, 9.17) is 5.73 Å². The molecule has 0 aliphatic heterocycles. The molecule has 0 unspecified atom stereocenters. The maximum atomic E-state index is 13.5. The van der Waals surface area contributed by atoms with E-state index in [0.717, 1.165) is 21.9 Å². The summed E-state index contributed by atoms with van der Waals surface area (Å²) in [6, 6.07) is 19.0. The van der Waals surface area contributed by atoms with Crippen LogP contribution in [0.4, 0.5) is 10.1 Å². The molecule has 2 N–H and O–H groups in total. The molecule has 0 heterocycles. The zero-order valence-electron chi connectivity index (χ0n) is 9.73. The second-order valence-electron chi connectivity index (χ2n) is 4.26. The molecule has 0 aliphatic rings. The largest absolute Gasteiger partial charge is 0.396 e. The zero-order valence-corrected chi connectivity index (χ0v) is 9.73. The van der Waals surface area contributed by atoms with Crippen molar-refractivity contribution in [3.63, 3.8) is 0 Å². The van der Waals surface area contributed by atoms with Crippen molar-refractivity contribution in [1.82, 2.24) is 0 Å². The molecule has 18 heavy (non-hydrogen) atoms. The van der Waals surface area contributed by atoms with E-state index in [-0.39, 0.29) is 11.5 Å². The highest BCUT2D eigenvalue weighted by Crippen LogP contribution is 2.29. The van der Waals surface area contributed by atoms with E-state index >= 15 is 0 Å². The summed E-state index contributed by atoms with van der Waals surface area (Å²) in [5, 5.41) is 2.26. The summed E-state index contributed by atoms with van der Waals surface area (Å²) in [4.78, 5) is 0. The van der Waals surface area contributed by atoms with Crippen LogP contribution >= 0.6 is 0 Å². The molecule has 1 nitrogen and oxygen atoms in total. The van der Waals surface area contributed by atoms with Crippen molar-refractivity contribution < 1.29 is 4.39 Å². The van der Waals surface area contributed by atoms with Gasteiger partial charge in [0.2, 0.25) is 0 Å². The molecule has 0 radical (unpaired) electrons. The van der Waals surface area contributed by atoms with Gasteiger partial charge in [-0.2, -0.15) is 0 Å². The van der Waals surface area contributed by atoms with Gasteiger partial charge in [0.05, 0.1) is 5.69 Å². The SMILES string of the molecule is Nc1ccc(-c2cccc3ccccc23)cc1F. The Labute approximate surface area is 105 Å². The van der Waals surface area contributed by atoms with Crippen LogP contribution in [0, 0.1) is 5.82 Å². The Kier molecular flexibility index (Phi) is 2.49. The molecular weight excluding hydrogens is 225 g/mol. The first-order valence-electron chi connectivity index (χ1n) is 5.79. The fraction of sp³-hybridized carbons (Fsp3) is 0. The molecule has 0 aliphatic carbocycles. The molecule has 0 saturated carbocycles. The van der Waals surface area contributed by atoms with Gasteiger partial charge in [0.25, 0.3) is 0 Å². The van der Waals surface area contributed by atoms with Crippen molar-refractivity contribution in [1.29, 1.82) is 0 Å². The van der Waals surface area contributed by atoms with E-state index in [0.29, 0.717) is 0 Å². The molecule has 0 amide bonds. The summed E-state index contributed by atoms with van der Waals surface area (Å²) in [6.07, 6.45) is 0. The maximum Gasteiger partial charge on any atom is 0.146 e. The first-order valence-corrected chi connectivity index (χ1v) is 5.79. The van der Waals surface area contributed by atoms with Gasteiger partial charge in [-0.05, 0) is 34.0 Å². The average Bonchev–Trinajstić information content (AvgIpc) is 2.41. The van der Waals surface area contributed by atoms with Crippen molar-refractivity contribution in [2.24, 2.45) is 0 Å². The van der Waals surface area contributed by atoms with Gasteiger partial charge in [0.15, 0.2) is 0 Å². The van der Waals surface area contributed by atoms with Crippen LogP contribution in [0.3, 0.4) is 0 Å². The van der Waals surface area contributed by atoms with E-state index in [2.05, 4.69) is 0 Å². The first kappa shape index (κ1) is 10.8. The van der Waals surface area contributed by atoms with Gasteiger partial charge in [-0.15, -0.1) is 0 Å². The lowest BCUT2D eigenvalue weighted by molar-refractivity contribution is 0.633. The van der Waals surface area contributed by atoms with Gasteiger partial charge in [-0.25, -0.2) is 4.39 Å². The van der Waals surface area contributed by atoms with E-state index in [1.165, 1.54) is 6.07 Å². The minimum Gasteiger partial charge on any atom is -0.396 e. The number of anilines is 1.